The lowest BCUT2D eigenvalue weighted by Crippen LogP contribution is -2.17. The molecular weight excluding hydrogens is 385 g/mol. The summed E-state index contributed by atoms with van der Waals surface area (Å²) >= 11 is 5.76. The molecule has 2 heterocycles. The van der Waals surface area contributed by atoms with Crippen molar-refractivity contribution in [2.24, 2.45) is 0 Å². The van der Waals surface area contributed by atoms with E-state index in [9.17, 15) is 9.18 Å². The zero-order chi connectivity index (χ0) is 19.7. The fourth-order valence-electron chi connectivity index (χ4n) is 3.10. The van der Waals surface area contributed by atoms with Gasteiger partial charge in [-0.15, -0.1) is 0 Å². The Morgan fingerprint density at radius 2 is 2.04 bits per heavy atom. The van der Waals surface area contributed by atoms with Crippen LogP contribution in [0.25, 0.3) is 11.4 Å². The third-order valence-corrected chi connectivity index (χ3v) is 4.68. The minimum Gasteiger partial charge on any atom is -0.479 e. The molecule has 1 aromatic heterocycles. The highest BCUT2D eigenvalue weighted by atomic mass is 35.5. The van der Waals surface area contributed by atoms with E-state index in [0.29, 0.717) is 17.9 Å². The number of carboxylic acids is 1. The van der Waals surface area contributed by atoms with Crippen LogP contribution in [0.4, 0.5) is 15.9 Å². The van der Waals surface area contributed by atoms with Crippen molar-refractivity contribution >= 4 is 29.1 Å². The number of nitrogens with zero attached hydrogens (tertiary/aromatic N) is 3. The molecule has 0 radical (unpaired) electrons. The highest BCUT2D eigenvalue weighted by molar-refractivity contribution is 6.30. The molecule has 1 aliphatic rings. The van der Waals surface area contributed by atoms with Crippen LogP contribution < -0.4 is 9.64 Å². The number of anilines is 2. The van der Waals surface area contributed by atoms with Crippen molar-refractivity contribution in [3.8, 4) is 17.3 Å². The first kappa shape index (κ1) is 18.2. The number of para-hydroxylation sites is 1. The molecule has 1 aliphatic heterocycles. The van der Waals surface area contributed by atoms with E-state index in [0.717, 1.165) is 12.1 Å². The van der Waals surface area contributed by atoms with Crippen molar-refractivity contribution in [3.05, 3.63) is 64.9 Å². The third kappa shape index (κ3) is 3.61. The predicted molar refractivity (Wildman–Crippen MR) is 103 cm³/mol. The van der Waals surface area contributed by atoms with Gasteiger partial charge in [0.15, 0.2) is 12.4 Å². The molecule has 28 heavy (non-hydrogen) atoms. The van der Waals surface area contributed by atoms with E-state index >= 15 is 0 Å². The van der Waals surface area contributed by atoms with Crippen LogP contribution in [-0.4, -0.2) is 34.2 Å². The van der Waals surface area contributed by atoms with Crippen LogP contribution >= 0.6 is 11.6 Å². The maximum absolute atomic E-state index is 13.9. The smallest absolute Gasteiger partial charge is 0.341 e. The molecule has 4 rings (SSSR count). The molecule has 6 nitrogen and oxygen atoms in total. The number of benzene rings is 2. The van der Waals surface area contributed by atoms with Gasteiger partial charge in [0.1, 0.15) is 11.6 Å². The van der Waals surface area contributed by atoms with Gasteiger partial charge in [0.05, 0.1) is 5.02 Å². The van der Waals surface area contributed by atoms with Crippen LogP contribution in [0.2, 0.25) is 5.02 Å². The summed E-state index contributed by atoms with van der Waals surface area (Å²) in [6, 6.07) is 13.8. The van der Waals surface area contributed by atoms with Crippen LogP contribution in [0.15, 0.2) is 48.5 Å². The largest absolute Gasteiger partial charge is 0.479 e. The van der Waals surface area contributed by atoms with Gasteiger partial charge >= 0.3 is 5.97 Å². The van der Waals surface area contributed by atoms with Crippen LogP contribution in [0.5, 0.6) is 5.88 Å². The van der Waals surface area contributed by atoms with Crippen molar-refractivity contribution in [2.75, 3.05) is 18.1 Å². The third-order valence-electron chi connectivity index (χ3n) is 4.37. The van der Waals surface area contributed by atoms with Gasteiger partial charge in [-0.25, -0.2) is 14.2 Å². The average molecular weight is 400 g/mol. The van der Waals surface area contributed by atoms with Gasteiger partial charge in [0.2, 0.25) is 5.88 Å². The summed E-state index contributed by atoms with van der Waals surface area (Å²) in [6.45, 7) is 0.171. The first-order chi connectivity index (χ1) is 13.5. The van der Waals surface area contributed by atoms with Gasteiger partial charge < -0.3 is 14.7 Å². The number of aromatic nitrogens is 2. The minimum atomic E-state index is -1.12. The van der Waals surface area contributed by atoms with Crippen molar-refractivity contribution in [3.63, 3.8) is 0 Å². The summed E-state index contributed by atoms with van der Waals surface area (Å²) < 4.78 is 19.2. The van der Waals surface area contributed by atoms with Gasteiger partial charge in [-0.3, -0.25) is 0 Å². The van der Waals surface area contributed by atoms with Gasteiger partial charge in [0, 0.05) is 23.9 Å². The van der Waals surface area contributed by atoms with Gasteiger partial charge in [0.25, 0.3) is 0 Å². The highest BCUT2D eigenvalue weighted by Crippen LogP contribution is 2.35. The van der Waals surface area contributed by atoms with Crippen LogP contribution in [0, 0.1) is 5.82 Å². The maximum Gasteiger partial charge on any atom is 0.341 e. The Morgan fingerprint density at radius 3 is 2.82 bits per heavy atom. The zero-order valence-electron chi connectivity index (χ0n) is 14.6. The normalized spacial score (nSPS) is 12.7. The van der Waals surface area contributed by atoms with E-state index in [2.05, 4.69) is 9.97 Å². The summed E-state index contributed by atoms with van der Waals surface area (Å²) in [5.74, 6) is -0.843. The van der Waals surface area contributed by atoms with E-state index in [4.69, 9.17) is 21.4 Å². The second-order valence-corrected chi connectivity index (χ2v) is 6.64. The van der Waals surface area contributed by atoms with E-state index in [1.54, 1.807) is 12.1 Å². The van der Waals surface area contributed by atoms with Crippen molar-refractivity contribution < 1.29 is 19.0 Å². The Morgan fingerprint density at radius 1 is 1.21 bits per heavy atom. The molecule has 0 amide bonds. The Bertz CT molecular complexity index is 1060. The van der Waals surface area contributed by atoms with Gasteiger partial charge in [-0.1, -0.05) is 29.8 Å². The molecule has 0 spiro atoms. The highest BCUT2D eigenvalue weighted by Gasteiger charge is 2.23. The number of aliphatic carboxylic acids is 1. The molecule has 0 unspecified atom stereocenters. The van der Waals surface area contributed by atoms with Crippen LogP contribution in [0.1, 0.15) is 5.56 Å². The fourth-order valence-corrected chi connectivity index (χ4v) is 3.22. The van der Waals surface area contributed by atoms with Crippen molar-refractivity contribution in [1.29, 1.82) is 0 Å². The molecule has 142 valence electrons. The average Bonchev–Trinajstić information content (AvgIpc) is 3.12. The second-order valence-electron chi connectivity index (χ2n) is 6.23. The number of ether oxygens (including phenoxy) is 1. The van der Waals surface area contributed by atoms with Gasteiger partial charge in [-0.2, -0.15) is 4.98 Å². The van der Waals surface area contributed by atoms with Crippen molar-refractivity contribution in [2.45, 2.75) is 6.42 Å². The first-order valence-corrected chi connectivity index (χ1v) is 8.93. The number of halogens is 2. The Balaban J connectivity index is 1.78. The number of rotatable bonds is 5. The molecule has 8 heteroatoms. The Labute approximate surface area is 165 Å². The molecule has 0 fully saturated rings. The summed E-state index contributed by atoms with van der Waals surface area (Å²) in [7, 11) is 0. The quantitative estimate of drug-likeness (QED) is 0.696. The molecule has 0 aliphatic carbocycles. The summed E-state index contributed by atoms with van der Waals surface area (Å²) in [5.41, 5.74) is 2.61. The zero-order valence-corrected chi connectivity index (χ0v) is 15.4. The SMILES string of the molecule is O=C(O)COc1cc(N2CCc3ccccc32)nc(-c2ccc(Cl)c(F)c2)n1. The lowest BCUT2D eigenvalue weighted by Gasteiger charge is -2.19. The van der Waals surface area contributed by atoms with Gasteiger partial charge in [-0.05, 0) is 36.2 Å². The molecule has 0 atom stereocenters. The van der Waals surface area contributed by atoms with Crippen LogP contribution in [-0.2, 0) is 11.2 Å². The molecule has 0 saturated heterocycles. The summed E-state index contributed by atoms with van der Waals surface area (Å²) in [5, 5.41) is 8.89. The Hall–Kier alpha value is -3.19. The molecular formula is C20H15ClFN3O3. The molecule has 3 aromatic rings. The Kier molecular flexibility index (Phi) is 4.83. The fraction of sp³-hybridized carbons (Fsp3) is 0.150. The lowest BCUT2D eigenvalue weighted by molar-refractivity contribution is -0.139. The number of fused-ring (bicyclic) bond motifs is 1. The van der Waals surface area contributed by atoms with E-state index in [-0.39, 0.29) is 16.7 Å². The molecule has 0 bridgehead atoms. The second kappa shape index (κ2) is 7.44. The van der Waals surface area contributed by atoms with E-state index < -0.39 is 18.4 Å². The van der Waals surface area contributed by atoms with Crippen molar-refractivity contribution in [1.82, 2.24) is 9.97 Å². The maximum atomic E-state index is 13.9. The standard InChI is InChI=1S/C20H15ClFN3O3/c21-14-6-5-13(9-15(14)22)20-23-17(10-18(24-20)28-11-19(26)27)25-8-7-12-3-1-2-4-16(12)25/h1-6,9-10H,7-8,11H2,(H,26,27). The topological polar surface area (TPSA) is 75.6 Å². The van der Waals surface area contributed by atoms with Crippen LogP contribution in [0.3, 0.4) is 0 Å². The van der Waals surface area contributed by atoms with E-state index in [1.807, 2.05) is 29.2 Å². The number of carbonyl (C=O) groups is 1. The number of carboxylic acid groups (broad SMARTS) is 1. The minimum absolute atomic E-state index is 0.00396. The summed E-state index contributed by atoms with van der Waals surface area (Å²) in [6.07, 6.45) is 0.858. The lowest BCUT2D eigenvalue weighted by atomic mass is 10.2. The molecule has 1 N–H and O–H groups in total. The van der Waals surface area contributed by atoms with E-state index in [1.165, 1.54) is 17.7 Å². The number of hydrogen-bond donors (Lipinski definition) is 1. The number of hydrogen-bond acceptors (Lipinski definition) is 5. The first-order valence-electron chi connectivity index (χ1n) is 8.56. The molecule has 2 aromatic carbocycles. The summed E-state index contributed by atoms with van der Waals surface area (Å²) in [4.78, 5) is 21.7. The molecule has 0 saturated carbocycles. The predicted octanol–water partition coefficient (Wildman–Crippen LogP) is 4.09. The monoisotopic (exact) mass is 399 g/mol.